The zero-order valence-electron chi connectivity index (χ0n) is 12.1. The first-order valence-corrected chi connectivity index (χ1v) is 9.07. The Morgan fingerprint density at radius 2 is 1.95 bits per heavy atom. The van der Waals surface area contributed by atoms with E-state index in [-0.39, 0.29) is 4.90 Å². The SMILES string of the molecule is Cc1ccc(S(=O)(=O)OC[C@H]2C[C@H]3CC[C@@H]2[C@@H]2O[C@H]32)cc1. The molecule has 114 valence electrons. The number of rotatable bonds is 4. The van der Waals surface area contributed by atoms with Crippen molar-refractivity contribution in [1.29, 1.82) is 0 Å². The van der Waals surface area contributed by atoms with E-state index in [2.05, 4.69) is 0 Å². The number of fused-ring (bicyclic) bond motifs is 2. The normalized spacial score (nSPS) is 37.3. The molecule has 4 nitrogen and oxygen atoms in total. The standard InChI is InChI=1S/C16H20O4S/c1-10-2-5-13(6-3-10)21(17,18)19-9-12-8-11-4-7-14(12)16-15(11)20-16/h2-3,5-6,11-12,14-16H,4,7-9H2,1H3/t11-,12-,14+,15-,16+/m1/s1. The molecule has 5 atom stereocenters. The Morgan fingerprint density at radius 3 is 2.67 bits per heavy atom. The molecule has 1 aromatic rings. The molecule has 2 bridgehead atoms. The van der Waals surface area contributed by atoms with Crippen LogP contribution in [0, 0.1) is 24.7 Å². The van der Waals surface area contributed by atoms with Gasteiger partial charge in [0.2, 0.25) is 0 Å². The fourth-order valence-corrected chi connectivity index (χ4v) is 5.02. The van der Waals surface area contributed by atoms with Gasteiger partial charge in [0, 0.05) is 0 Å². The van der Waals surface area contributed by atoms with Gasteiger partial charge in [0.15, 0.2) is 0 Å². The molecule has 1 heterocycles. The monoisotopic (exact) mass is 308 g/mol. The number of ether oxygens (including phenoxy) is 1. The lowest BCUT2D eigenvalue weighted by Gasteiger charge is -2.38. The van der Waals surface area contributed by atoms with Gasteiger partial charge in [0.05, 0.1) is 23.7 Å². The highest BCUT2D eigenvalue weighted by molar-refractivity contribution is 7.86. The predicted molar refractivity (Wildman–Crippen MR) is 77.3 cm³/mol. The van der Waals surface area contributed by atoms with Crippen LogP contribution in [0.4, 0.5) is 0 Å². The molecule has 1 aromatic carbocycles. The smallest absolute Gasteiger partial charge is 0.296 e. The third-order valence-corrected chi connectivity index (χ3v) is 6.57. The molecule has 3 aliphatic carbocycles. The highest BCUT2D eigenvalue weighted by Crippen LogP contribution is 2.55. The van der Waals surface area contributed by atoms with Crippen LogP contribution in [0.1, 0.15) is 24.8 Å². The van der Waals surface area contributed by atoms with E-state index >= 15 is 0 Å². The third kappa shape index (κ3) is 2.41. The van der Waals surface area contributed by atoms with Crippen molar-refractivity contribution in [2.45, 2.75) is 43.3 Å². The summed E-state index contributed by atoms with van der Waals surface area (Å²) in [5.74, 6) is 1.44. The fraction of sp³-hybridized carbons (Fsp3) is 0.625. The van der Waals surface area contributed by atoms with Gasteiger partial charge < -0.3 is 4.74 Å². The van der Waals surface area contributed by atoms with Gasteiger partial charge in [-0.1, -0.05) is 17.7 Å². The van der Waals surface area contributed by atoms with Crippen molar-refractivity contribution in [3.05, 3.63) is 29.8 Å². The van der Waals surface area contributed by atoms with Crippen LogP contribution in [0.2, 0.25) is 0 Å². The quantitative estimate of drug-likeness (QED) is 0.633. The number of hydrogen-bond acceptors (Lipinski definition) is 4. The zero-order valence-corrected chi connectivity index (χ0v) is 12.9. The molecule has 5 rings (SSSR count). The molecule has 5 heteroatoms. The summed E-state index contributed by atoms with van der Waals surface area (Å²) < 4.78 is 35.5. The van der Waals surface area contributed by atoms with Gasteiger partial charge in [-0.05, 0) is 56.1 Å². The highest BCUT2D eigenvalue weighted by Gasteiger charge is 2.59. The summed E-state index contributed by atoms with van der Waals surface area (Å²) in [6.45, 7) is 2.23. The lowest BCUT2D eigenvalue weighted by atomic mass is 9.65. The maximum Gasteiger partial charge on any atom is 0.296 e. The summed E-state index contributed by atoms with van der Waals surface area (Å²) in [6.07, 6.45) is 4.29. The van der Waals surface area contributed by atoms with Crippen LogP contribution in [0.5, 0.6) is 0 Å². The summed E-state index contributed by atoms with van der Waals surface area (Å²) in [5, 5.41) is 0. The zero-order chi connectivity index (χ0) is 14.6. The number of benzene rings is 1. The van der Waals surface area contributed by atoms with Crippen molar-refractivity contribution >= 4 is 10.1 Å². The molecule has 3 saturated carbocycles. The van der Waals surface area contributed by atoms with E-state index < -0.39 is 10.1 Å². The van der Waals surface area contributed by atoms with Crippen LogP contribution >= 0.6 is 0 Å². The van der Waals surface area contributed by atoms with Crippen LogP contribution in [0.3, 0.4) is 0 Å². The van der Waals surface area contributed by atoms with Gasteiger partial charge in [-0.2, -0.15) is 8.42 Å². The molecule has 1 aliphatic heterocycles. The lowest BCUT2D eigenvalue weighted by molar-refractivity contribution is 0.0883. The summed E-state index contributed by atoms with van der Waals surface area (Å²) in [4.78, 5) is 0.245. The number of aryl methyl sites for hydroxylation is 1. The van der Waals surface area contributed by atoms with Gasteiger partial charge in [0.1, 0.15) is 0 Å². The number of epoxide rings is 1. The van der Waals surface area contributed by atoms with E-state index in [9.17, 15) is 8.42 Å². The van der Waals surface area contributed by atoms with Crippen molar-refractivity contribution in [2.24, 2.45) is 17.8 Å². The van der Waals surface area contributed by atoms with Gasteiger partial charge >= 0.3 is 0 Å². The average Bonchev–Trinajstić information content (AvgIpc) is 3.28. The molecule has 0 amide bonds. The van der Waals surface area contributed by atoms with Crippen molar-refractivity contribution in [3.63, 3.8) is 0 Å². The van der Waals surface area contributed by atoms with Gasteiger partial charge in [0.25, 0.3) is 10.1 Å². The predicted octanol–water partition coefficient (Wildman–Crippen LogP) is 2.51. The third-order valence-electron chi connectivity index (χ3n) is 5.28. The minimum absolute atomic E-state index is 0.245. The maximum atomic E-state index is 12.2. The highest BCUT2D eigenvalue weighted by atomic mass is 32.2. The Bertz CT molecular complexity index is 637. The first-order chi connectivity index (χ1) is 10.0. The molecular weight excluding hydrogens is 288 g/mol. The molecular formula is C16H20O4S. The van der Waals surface area contributed by atoms with E-state index in [0.717, 1.165) is 18.4 Å². The summed E-state index contributed by atoms with van der Waals surface area (Å²) in [6, 6.07) is 6.80. The Kier molecular flexibility index (Phi) is 3.14. The molecule has 0 unspecified atom stereocenters. The van der Waals surface area contributed by atoms with Crippen molar-refractivity contribution < 1.29 is 17.3 Å². The summed E-state index contributed by atoms with van der Waals surface area (Å²) in [5.41, 5.74) is 1.04. The van der Waals surface area contributed by atoms with Crippen molar-refractivity contribution in [1.82, 2.24) is 0 Å². The second kappa shape index (κ2) is 4.80. The number of hydrogen-bond donors (Lipinski definition) is 0. The van der Waals surface area contributed by atoms with Gasteiger partial charge in [-0.3, -0.25) is 4.18 Å². The first-order valence-electron chi connectivity index (χ1n) is 7.66. The summed E-state index contributed by atoms with van der Waals surface area (Å²) in [7, 11) is -3.64. The molecule has 0 N–H and O–H groups in total. The van der Waals surface area contributed by atoms with Crippen LogP contribution in [-0.4, -0.2) is 27.2 Å². The molecule has 4 fully saturated rings. The molecule has 0 radical (unpaired) electrons. The van der Waals surface area contributed by atoms with Crippen molar-refractivity contribution in [3.8, 4) is 0 Å². The maximum absolute atomic E-state index is 12.2. The molecule has 0 aromatic heterocycles. The molecule has 4 aliphatic rings. The lowest BCUT2D eigenvalue weighted by Crippen LogP contribution is -2.40. The van der Waals surface area contributed by atoms with Gasteiger partial charge in [-0.15, -0.1) is 0 Å². The molecule has 0 spiro atoms. The van der Waals surface area contributed by atoms with Crippen LogP contribution in [0.15, 0.2) is 29.2 Å². The molecule has 21 heavy (non-hydrogen) atoms. The Hall–Kier alpha value is -0.910. The van der Waals surface area contributed by atoms with Crippen LogP contribution in [0.25, 0.3) is 0 Å². The molecule has 1 saturated heterocycles. The average molecular weight is 308 g/mol. The topological polar surface area (TPSA) is 55.9 Å². The Balaban J connectivity index is 1.43. The second-order valence-electron chi connectivity index (χ2n) is 6.61. The fourth-order valence-electron chi connectivity index (χ4n) is 4.06. The van der Waals surface area contributed by atoms with E-state index in [1.54, 1.807) is 24.3 Å². The van der Waals surface area contributed by atoms with E-state index in [1.165, 1.54) is 6.42 Å². The second-order valence-corrected chi connectivity index (χ2v) is 8.23. The van der Waals surface area contributed by atoms with E-state index in [0.29, 0.717) is 36.6 Å². The van der Waals surface area contributed by atoms with Crippen LogP contribution < -0.4 is 0 Å². The Labute approximate surface area is 125 Å². The minimum atomic E-state index is -3.64. The van der Waals surface area contributed by atoms with Crippen LogP contribution in [-0.2, 0) is 19.0 Å². The minimum Gasteiger partial charge on any atom is -0.369 e. The van der Waals surface area contributed by atoms with E-state index in [4.69, 9.17) is 8.92 Å². The summed E-state index contributed by atoms with van der Waals surface area (Å²) >= 11 is 0. The first kappa shape index (κ1) is 13.7. The van der Waals surface area contributed by atoms with E-state index in [1.807, 2.05) is 6.92 Å². The Morgan fingerprint density at radius 1 is 1.19 bits per heavy atom. The van der Waals surface area contributed by atoms with Gasteiger partial charge in [-0.25, -0.2) is 0 Å². The van der Waals surface area contributed by atoms with Crippen molar-refractivity contribution in [2.75, 3.05) is 6.61 Å². The largest absolute Gasteiger partial charge is 0.369 e.